The molecule has 4 N–H and O–H groups in total. The van der Waals surface area contributed by atoms with E-state index in [1.807, 2.05) is 26.0 Å². The largest absolute Gasteiger partial charge is 0.475 e. The molecule has 1 unspecified atom stereocenters. The van der Waals surface area contributed by atoms with Crippen molar-refractivity contribution in [2.75, 3.05) is 37.7 Å². The average molecular weight is 669 g/mol. The molecule has 2 bridgehead atoms. The summed E-state index contributed by atoms with van der Waals surface area (Å²) < 4.78 is 6.48. The lowest BCUT2D eigenvalue weighted by atomic mass is 9.81. The van der Waals surface area contributed by atoms with Gasteiger partial charge in [-0.1, -0.05) is 55.5 Å². The van der Waals surface area contributed by atoms with Crippen molar-refractivity contribution in [2.45, 2.75) is 104 Å². The first-order valence-corrected chi connectivity index (χ1v) is 18.5. The van der Waals surface area contributed by atoms with Crippen LogP contribution in [0.25, 0.3) is 11.3 Å². The molecule has 0 spiro atoms. The van der Waals surface area contributed by atoms with Crippen LogP contribution in [0, 0.1) is 25.2 Å². The lowest BCUT2D eigenvalue weighted by molar-refractivity contribution is -0.133. The van der Waals surface area contributed by atoms with E-state index in [1.165, 1.54) is 23.1 Å². The fraction of sp³-hybridized carbons (Fsp3) is 0.575. The van der Waals surface area contributed by atoms with Crippen LogP contribution in [0.5, 0.6) is 5.88 Å². The number of fused-ring (bicyclic) bond motifs is 2. The zero-order valence-corrected chi connectivity index (χ0v) is 30.2. The number of piperidine rings is 1. The molecule has 3 aromatic rings. The van der Waals surface area contributed by atoms with Gasteiger partial charge in [-0.05, 0) is 115 Å². The van der Waals surface area contributed by atoms with Crippen LogP contribution in [0.3, 0.4) is 0 Å². The minimum absolute atomic E-state index is 0.0291. The topological polar surface area (TPSA) is 117 Å². The summed E-state index contributed by atoms with van der Waals surface area (Å²) in [5, 5.41) is 11.6. The third kappa shape index (κ3) is 7.88. The number of aryl methyl sites for hydroxylation is 2. The number of anilines is 1. The Morgan fingerprint density at radius 1 is 1.04 bits per heavy atom. The average Bonchev–Trinajstić information content (AvgIpc) is 3.81. The van der Waals surface area contributed by atoms with Gasteiger partial charge in [0.1, 0.15) is 6.61 Å². The third-order valence-corrected chi connectivity index (χ3v) is 11.1. The molecule has 264 valence electrons. The fourth-order valence-electron chi connectivity index (χ4n) is 8.49. The number of aromatic amines is 1. The van der Waals surface area contributed by atoms with Crippen LogP contribution in [-0.4, -0.2) is 71.8 Å². The molecule has 2 amide bonds. The van der Waals surface area contributed by atoms with Crippen LogP contribution in [0.1, 0.15) is 93.9 Å². The number of benzene rings is 2. The van der Waals surface area contributed by atoms with Crippen molar-refractivity contribution in [3.05, 3.63) is 64.7 Å². The highest BCUT2D eigenvalue weighted by Gasteiger charge is 2.48. The summed E-state index contributed by atoms with van der Waals surface area (Å²) in [6.45, 7) is 14.4. The number of amides is 2. The molecule has 1 aromatic heterocycles. The van der Waals surface area contributed by atoms with E-state index in [1.54, 1.807) is 4.90 Å². The van der Waals surface area contributed by atoms with Gasteiger partial charge in [-0.15, -0.1) is 5.10 Å². The Hall–Kier alpha value is -3.69. The summed E-state index contributed by atoms with van der Waals surface area (Å²) in [5.74, 6) is 1.45. The number of H-pyrrole nitrogens is 1. The van der Waals surface area contributed by atoms with Crippen LogP contribution < -0.4 is 20.7 Å². The van der Waals surface area contributed by atoms with Gasteiger partial charge in [-0.3, -0.25) is 19.7 Å². The molecule has 3 heterocycles. The highest BCUT2D eigenvalue weighted by atomic mass is 16.5. The SMILES string of the molecule is Cc1cc(C)cc(-c2[nH]nc(OCC(C)(C)C(=O)C3C4CCN3CC4)c2[C@H](C)CNCCc2ccc(N(C(N)=O)C3CCCCC3)cc2)c1. The molecule has 2 atom stereocenters. The molecule has 3 aliphatic rings. The van der Waals surface area contributed by atoms with Crippen molar-refractivity contribution in [3.8, 4) is 17.1 Å². The van der Waals surface area contributed by atoms with Gasteiger partial charge in [-0.2, -0.15) is 0 Å². The third-order valence-electron chi connectivity index (χ3n) is 11.1. The molecule has 1 saturated carbocycles. The van der Waals surface area contributed by atoms with Gasteiger partial charge >= 0.3 is 6.03 Å². The summed E-state index contributed by atoms with van der Waals surface area (Å²) in [6.07, 6.45) is 8.66. The maximum absolute atomic E-state index is 13.7. The van der Waals surface area contributed by atoms with Crippen LogP contribution in [0.2, 0.25) is 0 Å². The molecule has 9 heteroatoms. The van der Waals surface area contributed by atoms with E-state index in [9.17, 15) is 9.59 Å². The molecule has 2 aromatic carbocycles. The van der Waals surface area contributed by atoms with Crippen molar-refractivity contribution in [2.24, 2.45) is 17.1 Å². The van der Waals surface area contributed by atoms with Crippen molar-refractivity contribution in [1.82, 2.24) is 20.4 Å². The number of urea groups is 1. The van der Waals surface area contributed by atoms with E-state index in [-0.39, 0.29) is 36.4 Å². The molecule has 2 aliphatic heterocycles. The number of nitrogens with one attached hydrogen (secondary N) is 2. The summed E-state index contributed by atoms with van der Waals surface area (Å²) in [7, 11) is 0. The highest BCUT2D eigenvalue weighted by Crippen LogP contribution is 2.40. The first kappa shape index (κ1) is 35.1. The molecule has 6 rings (SSSR count). The van der Waals surface area contributed by atoms with Gasteiger partial charge in [-0.25, -0.2) is 4.79 Å². The fourth-order valence-corrected chi connectivity index (χ4v) is 8.49. The lowest BCUT2D eigenvalue weighted by Crippen LogP contribution is -2.44. The first-order chi connectivity index (χ1) is 23.5. The number of carbonyl (C=O) groups is 2. The number of carbonyl (C=O) groups excluding carboxylic acids is 2. The van der Waals surface area contributed by atoms with Crippen molar-refractivity contribution in [3.63, 3.8) is 0 Å². The Morgan fingerprint density at radius 2 is 1.71 bits per heavy atom. The van der Waals surface area contributed by atoms with Crippen molar-refractivity contribution < 1.29 is 14.3 Å². The predicted octanol–water partition coefficient (Wildman–Crippen LogP) is 6.92. The van der Waals surface area contributed by atoms with Gasteiger partial charge in [0.25, 0.3) is 0 Å². The second-order valence-electron chi connectivity index (χ2n) is 15.6. The van der Waals surface area contributed by atoms with Gasteiger partial charge in [0.2, 0.25) is 5.88 Å². The normalized spacial score (nSPS) is 21.5. The maximum Gasteiger partial charge on any atom is 0.319 e. The van der Waals surface area contributed by atoms with Gasteiger partial charge in [0.15, 0.2) is 5.78 Å². The number of ketones is 1. The van der Waals surface area contributed by atoms with Crippen LogP contribution in [0.4, 0.5) is 10.5 Å². The first-order valence-electron chi connectivity index (χ1n) is 18.5. The molecule has 2 saturated heterocycles. The van der Waals surface area contributed by atoms with E-state index in [4.69, 9.17) is 10.5 Å². The maximum atomic E-state index is 13.7. The number of rotatable bonds is 14. The highest BCUT2D eigenvalue weighted by molar-refractivity contribution is 5.91. The van der Waals surface area contributed by atoms with Crippen LogP contribution in [-0.2, 0) is 11.2 Å². The smallest absolute Gasteiger partial charge is 0.319 e. The van der Waals surface area contributed by atoms with E-state index < -0.39 is 5.41 Å². The number of hydrogen-bond acceptors (Lipinski definition) is 6. The molecule has 1 aliphatic carbocycles. The van der Waals surface area contributed by atoms with Crippen molar-refractivity contribution >= 4 is 17.5 Å². The quantitative estimate of drug-likeness (QED) is 0.161. The number of nitrogens with two attached hydrogens (primary N) is 1. The Kier molecular flexibility index (Phi) is 10.8. The van der Waals surface area contributed by atoms with Crippen LogP contribution >= 0.6 is 0 Å². The minimum atomic E-state index is -0.617. The number of nitrogens with zero attached hydrogens (tertiary/aromatic N) is 3. The summed E-state index contributed by atoms with van der Waals surface area (Å²) in [6, 6.07) is 14.7. The predicted molar refractivity (Wildman–Crippen MR) is 196 cm³/mol. The van der Waals surface area contributed by atoms with E-state index >= 15 is 0 Å². The number of ether oxygens (including phenoxy) is 1. The summed E-state index contributed by atoms with van der Waals surface area (Å²) >= 11 is 0. The second-order valence-corrected chi connectivity index (χ2v) is 15.6. The molecule has 9 nitrogen and oxygen atoms in total. The lowest BCUT2D eigenvalue weighted by Gasteiger charge is -2.33. The Morgan fingerprint density at radius 3 is 2.33 bits per heavy atom. The molecule has 49 heavy (non-hydrogen) atoms. The minimum Gasteiger partial charge on any atom is -0.475 e. The van der Waals surface area contributed by atoms with Crippen LogP contribution in [0.15, 0.2) is 42.5 Å². The molecule has 3 fully saturated rings. The molecular formula is C40H56N6O3. The standard InChI is InChI=1S/C40H56N6O3/c1-26-21-27(2)23-31(22-26)35-34(38(44-43-35)49-25-40(4,5)37(47)36-30-16-19-45(36)20-17-30)28(3)24-42-18-15-29-11-13-33(14-12-29)46(39(41)48)32-9-7-6-8-10-32/h11-14,21-23,28,30,32,36,42H,6-10,15-20,24-25H2,1-5H3,(H2,41,48)(H,43,44)/t28-,36?/m1/s1. The number of hydrogen-bond donors (Lipinski definition) is 3. The zero-order chi connectivity index (χ0) is 34.7. The van der Waals surface area contributed by atoms with Crippen molar-refractivity contribution in [1.29, 1.82) is 0 Å². The number of aromatic nitrogens is 2. The molecular weight excluding hydrogens is 612 g/mol. The zero-order valence-electron chi connectivity index (χ0n) is 30.2. The monoisotopic (exact) mass is 668 g/mol. The Labute approximate surface area is 292 Å². The number of primary amides is 1. The summed E-state index contributed by atoms with van der Waals surface area (Å²) in [5.41, 5.74) is 12.8. The van der Waals surface area contributed by atoms with E-state index in [0.29, 0.717) is 11.8 Å². The van der Waals surface area contributed by atoms with Gasteiger partial charge in [0.05, 0.1) is 17.2 Å². The molecule has 0 radical (unpaired) electrons. The van der Waals surface area contributed by atoms with E-state index in [0.717, 1.165) is 93.6 Å². The number of Topliss-reactive ketones (excluding diaryl/α,β-unsaturated/α-hetero) is 1. The Balaban J connectivity index is 1.11. The Bertz CT molecular complexity index is 1570. The second kappa shape index (κ2) is 15.1. The van der Waals surface area contributed by atoms with Gasteiger partial charge < -0.3 is 15.8 Å². The van der Waals surface area contributed by atoms with E-state index in [2.05, 4.69) is 71.5 Å². The van der Waals surface area contributed by atoms with Gasteiger partial charge in [0, 0.05) is 35.3 Å². The summed E-state index contributed by atoms with van der Waals surface area (Å²) in [4.78, 5) is 30.2.